The average molecular weight is 369 g/mol. The third-order valence-corrected chi connectivity index (χ3v) is 5.89. The Morgan fingerprint density at radius 2 is 1.21 bits per heavy atom. The summed E-state index contributed by atoms with van der Waals surface area (Å²) in [7, 11) is 2.22. The van der Waals surface area contributed by atoms with Crippen molar-refractivity contribution in [2.24, 2.45) is 0 Å². The number of anilines is 1. The molecule has 0 saturated heterocycles. The lowest BCUT2D eigenvalue weighted by Crippen LogP contribution is -2.32. The minimum atomic E-state index is 0.137. The van der Waals surface area contributed by atoms with Crippen LogP contribution in [0.15, 0.2) is 78.5 Å². The van der Waals surface area contributed by atoms with E-state index < -0.39 is 0 Å². The molecule has 2 nitrogen and oxygen atoms in total. The molecule has 0 N–H and O–H groups in total. The number of allylic oxidation sites excluding steroid dienone is 1. The normalized spacial score (nSPS) is 16.8. The maximum atomic E-state index is 2.51. The van der Waals surface area contributed by atoms with Gasteiger partial charge in [-0.25, -0.2) is 0 Å². The fraction of sp³-hybridized carbons (Fsp3) is 0.231. The average Bonchev–Trinajstić information content (AvgIpc) is 2.93. The number of aryl methyl sites for hydroxylation is 3. The van der Waals surface area contributed by atoms with E-state index in [1.807, 2.05) is 0 Å². The predicted molar refractivity (Wildman–Crippen MR) is 119 cm³/mol. The van der Waals surface area contributed by atoms with Gasteiger partial charge < -0.3 is 9.80 Å². The van der Waals surface area contributed by atoms with Gasteiger partial charge in [-0.05, 0) is 56.0 Å². The number of hydrogen-bond acceptors (Lipinski definition) is 2. The highest BCUT2D eigenvalue weighted by atomic mass is 15.4. The maximum Gasteiger partial charge on any atom is 0.133 e. The fourth-order valence-electron chi connectivity index (χ4n) is 4.56. The van der Waals surface area contributed by atoms with E-state index >= 15 is 0 Å². The quantitative estimate of drug-likeness (QED) is 0.524. The minimum Gasteiger partial charge on any atom is -0.348 e. The van der Waals surface area contributed by atoms with Gasteiger partial charge in [-0.1, -0.05) is 66.7 Å². The molecule has 0 aromatic heterocycles. The summed E-state index contributed by atoms with van der Waals surface area (Å²) in [4.78, 5) is 4.94. The van der Waals surface area contributed by atoms with Crippen LogP contribution < -0.4 is 4.90 Å². The zero-order chi connectivity index (χ0) is 19.8. The first-order valence-corrected chi connectivity index (χ1v) is 9.91. The van der Waals surface area contributed by atoms with Gasteiger partial charge in [-0.15, -0.1) is 0 Å². The van der Waals surface area contributed by atoms with Crippen LogP contribution in [0, 0.1) is 20.8 Å². The Labute approximate surface area is 168 Å². The van der Waals surface area contributed by atoms with Gasteiger partial charge >= 0.3 is 0 Å². The minimum absolute atomic E-state index is 0.137. The Morgan fingerprint density at radius 1 is 0.643 bits per heavy atom. The molecule has 1 unspecified atom stereocenters. The topological polar surface area (TPSA) is 6.48 Å². The molecule has 1 heterocycles. The Balaban J connectivity index is 1.96. The number of benzene rings is 3. The monoisotopic (exact) mass is 368 g/mol. The van der Waals surface area contributed by atoms with Crippen LogP contribution in [0.4, 0.5) is 5.69 Å². The molecule has 0 bridgehead atoms. The van der Waals surface area contributed by atoms with Crippen LogP contribution in [0.5, 0.6) is 0 Å². The SMILES string of the molecule is CC1=C(c2ccccc2)N(C)C(c2c(C)cccc2C)N1c1ccccc1C. The van der Waals surface area contributed by atoms with E-state index in [1.54, 1.807) is 0 Å². The van der Waals surface area contributed by atoms with Crippen molar-refractivity contribution < 1.29 is 0 Å². The van der Waals surface area contributed by atoms with Gasteiger partial charge in [0.25, 0.3) is 0 Å². The van der Waals surface area contributed by atoms with Crippen LogP contribution in [-0.4, -0.2) is 11.9 Å². The van der Waals surface area contributed by atoms with Crippen LogP contribution in [0.3, 0.4) is 0 Å². The second kappa shape index (κ2) is 7.20. The molecule has 28 heavy (non-hydrogen) atoms. The van der Waals surface area contributed by atoms with Crippen molar-refractivity contribution >= 4 is 11.4 Å². The summed E-state index contributed by atoms with van der Waals surface area (Å²) in [5, 5.41) is 0. The summed E-state index contributed by atoms with van der Waals surface area (Å²) in [5.41, 5.74) is 10.4. The molecule has 1 atom stereocenters. The lowest BCUT2D eigenvalue weighted by Gasteiger charge is -2.35. The van der Waals surface area contributed by atoms with Crippen molar-refractivity contribution in [1.29, 1.82) is 0 Å². The van der Waals surface area contributed by atoms with Gasteiger partial charge in [0.05, 0.1) is 5.70 Å². The van der Waals surface area contributed by atoms with Gasteiger partial charge in [-0.3, -0.25) is 0 Å². The zero-order valence-corrected chi connectivity index (χ0v) is 17.4. The van der Waals surface area contributed by atoms with E-state index in [0.29, 0.717) is 0 Å². The summed E-state index contributed by atoms with van der Waals surface area (Å²) < 4.78 is 0. The summed E-state index contributed by atoms with van der Waals surface area (Å²) >= 11 is 0. The standard InChI is InChI=1S/C26H28N2/c1-18-12-9-10-17-23(18)28-21(4)25(22-15-7-6-8-16-22)27(5)26(28)24-19(2)13-11-14-20(24)3/h6-17,26H,1-5H3. The Kier molecular flexibility index (Phi) is 4.72. The van der Waals surface area contributed by atoms with Gasteiger partial charge in [-0.2, -0.15) is 0 Å². The second-order valence-electron chi connectivity index (χ2n) is 7.75. The second-order valence-corrected chi connectivity index (χ2v) is 7.75. The zero-order valence-electron chi connectivity index (χ0n) is 17.4. The molecule has 142 valence electrons. The summed E-state index contributed by atoms with van der Waals surface area (Å²) in [6.07, 6.45) is 0.137. The molecule has 0 spiro atoms. The van der Waals surface area contributed by atoms with Crippen molar-refractivity contribution in [3.63, 3.8) is 0 Å². The Morgan fingerprint density at radius 3 is 1.86 bits per heavy atom. The summed E-state index contributed by atoms with van der Waals surface area (Å²) in [6, 6.07) is 26.0. The number of hydrogen-bond donors (Lipinski definition) is 0. The largest absolute Gasteiger partial charge is 0.348 e. The third kappa shape index (κ3) is 2.90. The first-order chi connectivity index (χ1) is 13.5. The highest BCUT2D eigenvalue weighted by Crippen LogP contribution is 2.47. The number of nitrogens with zero attached hydrogens (tertiary/aromatic N) is 2. The molecule has 2 heteroatoms. The van der Waals surface area contributed by atoms with Gasteiger partial charge in [0.1, 0.15) is 6.17 Å². The number of para-hydroxylation sites is 1. The first kappa shape index (κ1) is 18.4. The van der Waals surface area contributed by atoms with E-state index in [9.17, 15) is 0 Å². The van der Waals surface area contributed by atoms with Gasteiger partial charge in [0.2, 0.25) is 0 Å². The van der Waals surface area contributed by atoms with Crippen LogP contribution in [-0.2, 0) is 0 Å². The molecular formula is C26H28N2. The van der Waals surface area contributed by atoms with E-state index in [1.165, 1.54) is 44.9 Å². The molecule has 0 radical (unpaired) electrons. The van der Waals surface area contributed by atoms with Crippen LogP contribution >= 0.6 is 0 Å². The van der Waals surface area contributed by atoms with Gasteiger partial charge in [0, 0.05) is 24.0 Å². The van der Waals surface area contributed by atoms with E-state index in [0.717, 1.165) is 0 Å². The first-order valence-electron chi connectivity index (χ1n) is 9.91. The third-order valence-electron chi connectivity index (χ3n) is 5.89. The molecular weight excluding hydrogens is 340 g/mol. The smallest absolute Gasteiger partial charge is 0.133 e. The van der Waals surface area contributed by atoms with Crippen LogP contribution in [0.1, 0.15) is 40.9 Å². The van der Waals surface area contributed by atoms with Crippen molar-refractivity contribution in [3.8, 4) is 0 Å². The van der Waals surface area contributed by atoms with E-state index in [2.05, 4.69) is 117 Å². The Hall–Kier alpha value is -3.00. The molecule has 3 aromatic rings. The molecule has 3 aromatic carbocycles. The summed E-state index contributed by atoms with van der Waals surface area (Å²) in [5.74, 6) is 0. The van der Waals surface area contributed by atoms with Crippen LogP contribution in [0.25, 0.3) is 5.70 Å². The summed E-state index contributed by atoms with van der Waals surface area (Å²) in [6.45, 7) is 8.90. The van der Waals surface area contributed by atoms with Crippen molar-refractivity contribution in [2.45, 2.75) is 33.9 Å². The lowest BCUT2D eigenvalue weighted by molar-refractivity contribution is 0.380. The molecule has 1 aliphatic heterocycles. The van der Waals surface area contributed by atoms with E-state index in [4.69, 9.17) is 0 Å². The Bertz CT molecular complexity index is 1010. The molecule has 0 fully saturated rings. The molecule has 4 rings (SSSR count). The van der Waals surface area contributed by atoms with Gasteiger partial charge in [0.15, 0.2) is 0 Å². The highest BCUT2D eigenvalue weighted by molar-refractivity contribution is 5.77. The molecule has 0 amide bonds. The predicted octanol–water partition coefficient (Wildman–Crippen LogP) is 6.45. The van der Waals surface area contributed by atoms with Crippen molar-refractivity contribution in [3.05, 3.63) is 106 Å². The fourth-order valence-corrected chi connectivity index (χ4v) is 4.56. The van der Waals surface area contributed by atoms with Crippen molar-refractivity contribution in [2.75, 3.05) is 11.9 Å². The molecule has 0 saturated carbocycles. The van der Waals surface area contributed by atoms with Crippen molar-refractivity contribution in [1.82, 2.24) is 4.90 Å². The molecule has 1 aliphatic rings. The lowest BCUT2D eigenvalue weighted by atomic mass is 9.98. The molecule has 0 aliphatic carbocycles. The highest BCUT2D eigenvalue weighted by Gasteiger charge is 2.38. The van der Waals surface area contributed by atoms with Crippen LogP contribution in [0.2, 0.25) is 0 Å². The number of rotatable bonds is 3. The van der Waals surface area contributed by atoms with E-state index in [-0.39, 0.29) is 6.17 Å². The maximum absolute atomic E-state index is 2.51.